The van der Waals surface area contributed by atoms with E-state index in [9.17, 15) is 0 Å². The zero-order valence-electron chi connectivity index (χ0n) is 36.3. The topological polar surface area (TPSA) is 8.17 Å². The Morgan fingerprint density at radius 2 is 0.697 bits per heavy atom. The van der Waals surface area contributed by atoms with Gasteiger partial charge in [-0.1, -0.05) is 200 Å². The summed E-state index contributed by atoms with van der Waals surface area (Å²) in [7, 11) is 0. The monoisotopic (exact) mass is 840 g/mol. The standard InChI is InChI=1S/C64H44N2/c1-2-14-45(15-3-1)47-28-31-50(32-29-47)59-22-6-9-25-62(59)65(56-38-34-48(35-39-56)52-18-12-19-53(42-52)55-33-30-46-16-4-5-17-51(46)43-55)57-40-36-49(37-41-57)54-20-13-21-58(44-54)66-63-26-10-7-23-60(63)61-24-8-11-27-64(61)66/h1-44H. The molecule has 11 aromatic carbocycles. The van der Waals surface area contributed by atoms with Crippen LogP contribution >= 0.6 is 0 Å². The molecule has 0 N–H and O–H groups in total. The van der Waals surface area contributed by atoms with Gasteiger partial charge in [0.05, 0.1) is 16.7 Å². The smallest absolute Gasteiger partial charge is 0.0541 e. The van der Waals surface area contributed by atoms with Crippen LogP contribution in [0.2, 0.25) is 0 Å². The normalized spacial score (nSPS) is 11.3. The van der Waals surface area contributed by atoms with Gasteiger partial charge in [0.1, 0.15) is 0 Å². The SMILES string of the molecule is c1ccc(-c2ccc(-c3ccccc3N(c3ccc(-c4cccc(-c5ccc6ccccc6c5)c4)cc3)c3ccc(-c4cccc(-n5c6ccccc6c6ccccc65)c4)cc3)cc2)cc1. The largest absolute Gasteiger partial charge is 0.310 e. The van der Waals surface area contributed by atoms with Crippen LogP contribution in [0.4, 0.5) is 17.1 Å². The highest BCUT2D eigenvalue weighted by Gasteiger charge is 2.19. The van der Waals surface area contributed by atoms with Crippen molar-refractivity contribution in [2.75, 3.05) is 4.90 Å². The molecule has 0 bridgehead atoms. The van der Waals surface area contributed by atoms with Gasteiger partial charge in [-0.2, -0.15) is 0 Å². The Labute approximate surface area is 385 Å². The van der Waals surface area contributed by atoms with Crippen molar-refractivity contribution < 1.29 is 0 Å². The minimum atomic E-state index is 1.08. The maximum atomic E-state index is 2.40. The lowest BCUT2D eigenvalue weighted by molar-refractivity contribution is 1.18. The number of hydrogen-bond acceptors (Lipinski definition) is 1. The zero-order valence-corrected chi connectivity index (χ0v) is 36.3. The maximum Gasteiger partial charge on any atom is 0.0541 e. The third-order valence-corrected chi connectivity index (χ3v) is 13.0. The van der Waals surface area contributed by atoms with E-state index in [1.807, 2.05) is 0 Å². The number of aromatic nitrogens is 1. The van der Waals surface area contributed by atoms with Crippen molar-refractivity contribution in [1.29, 1.82) is 0 Å². The van der Waals surface area contributed by atoms with Gasteiger partial charge in [-0.3, -0.25) is 0 Å². The molecule has 12 rings (SSSR count). The van der Waals surface area contributed by atoms with Gasteiger partial charge in [0, 0.05) is 33.4 Å². The third kappa shape index (κ3) is 7.21. The third-order valence-electron chi connectivity index (χ3n) is 13.0. The van der Waals surface area contributed by atoms with Crippen molar-refractivity contribution in [2.24, 2.45) is 0 Å². The molecule has 0 aliphatic rings. The fourth-order valence-electron chi connectivity index (χ4n) is 9.69. The van der Waals surface area contributed by atoms with E-state index in [1.165, 1.54) is 71.5 Å². The maximum absolute atomic E-state index is 2.40. The number of benzene rings is 11. The summed E-state index contributed by atoms with van der Waals surface area (Å²) in [5.74, 6) is 0. The number of hydrogen-bond donors (Lipinski definition) is 0. The van der Waals surface area contributed by atoms with Crippen LogP contribution in [0.25, 0.3) is 93.9 Å². The van der Waals surface area contributed by atoms with Crippen LogP contribution in [0.5, 0.6) is 0 Å². The lowest BCUT2D eigenvalue weighted by Crippen LogP contribution is -2.11. The van der Waals surface area contributed by atoms with E-state index < -0.39 is 0 Å². The first-order chi connectivity index (χ1) is 32.7. The molecule has 0 atom stereocenters. The van der Waals surface area contributed by atoms with Gasteiger partial charge >= 0.3 is 0 Å². The summed E-state index contributed by atoms with van der Waals surface area (Å²) in [4.78, 5) is 2.40. The summed E-state index contributed by atoms with van der Waals surface area (Å²) in [6.07, 6.45) is 0. The molecular weight excluding hydrogens is 797 g/mol. The van der Waals surface area contributed by atoms with Gasteiger partial charge in [-0.05, 0) is 128 Å². The predicted molar refractivity (Wildman–Crippen MR) is 280 cm³/mol. The summed E-state index contributed by atoms with van der Waals surface area (Å²) in [6.45, 7) is 0. The number of para-hydroxylation sites is 3. The Morgan fingerprint density at radius 3 is 1.38 bits per heavy atom. The highest BCUT2D eigenvalue weighted by atomic mass is 15.1. The Hall–Kier alpha value is -8.72. The van der Waals surface area contributed by atoms with E-state index in [0.717, 1.165) is 39.4 Å². The number of fused-ring (bicyclic) bond motifs is 4. The van der Waals surface area contributed by atoms with Crippen molar-refractivity contribution in [3.8, 4) is 61.3 Å². The molecule has 2 heteroatoms. The molecule has 1 aromatic heterocycles. The zero-order chi connectivity index (χ0) is 43.8. The average molecular weight is 841 g/mol. The fourth-order valence-corrected chi connectivity index (χ4v) is 9.69. The Morgan fingerprint density at radius 1 is 0.258 bits per heavy atom. The van der Waals surface area contributed by atoms with Gasteiger partial charge in [-0.15, -0.1) is 0 Å². The van der Waals surface area contributed by atoms with Crippen molar-refractivity contribution in [1.82, 2.24) is 4.57 Å². The molecule has 1 heterocycles. The minimum absolute atomic E-state index is 1.08. The van der Waals surface area contributed by atoms with Crippen LogP contribution < -0.4 is 4.90 Å². The van der Waals surface area contributed by atoms with E-state index in [0.29, 0.717) is 0 Å². The highest BCUT2D eigenvalue weighted by molar-refractivity contribution is 6.09. The molecule has 310 valence electrons. The molecule has 0 spiro atoms. The lowest BCUT2D eigenvalue weighted by atomic mass is 9.96. The van der Waals surface area contributed by atoms with Crippen LogP contribution in [0.15, 0.2) is 267 Å². The van der Waals surface area contributed by atoms with Crippen molar-refractivity contribution in [3.63, 3.8) is 0 Å². The Kier molecular flexibility index (Phi) is 9.89. The van der Waals surface area contributed by atoms with E-state index >= 15 is 0 Å². The average Bonchev–Trinajstić information content (AvgIpc) is 3.74. The molecule has 12 aromatic rings. The van der Waals surface area contributed by atoms with Crippen LogP contribution in [-0.2, 0) is 0 Å². The van der Waals surface area contributed by atoms with Crippen LogP contribution in [-0.4, -0.2) is 4.57 Å². The molecule has 0 aliphatic carbocycles. The molecular formula is C64H44N2. The van der Waals surface area contributed by atoms with E-state index in [1.54, 1.807) is 0 Å². The first kappa shape index (κ1) is 38.9. The summed E-state index contributed by atoms with van der Waals surface area (Å²) in [5, 5.41) is 5.02. The van der Waals surface area contributed by atoms with Gasteiger partial charge in [0.15, 0.2) is 0 Å². The summed E-state index contributed by atoms with van der Waals surface area (Å²) in [5.41, 5.74) is 18.7. The van der Waals surface area contributed by atoms with Gasteiger partial charge in [0.2, 0.25) is 0 Å². The van der Waals surface area contributed by atoms with E-state index in [4.69, 9.17) is 0 Å². The summed E-state index contributed by atoms with van der Waals surface area (Å²) < 4.78 is 2.39. The lowest BCUT2D eigenvalue weighted by Gasteiger charge is -2.28. The van der Waals surface area contributed by atoms with Crippen molar-refractivity contribution >= 4 is 49.6 Å². The van der Waals surface area contributed by atoms with Crippen molar-refractivity contribution in [3.05, 3.63) is 267 Å². The Balaban J connectivity index is 0.925. The molecule has 66 heavy (non-hydrogen) atoms. The number of anilines is 3. The van der Waals surface area contributed by atoms with Gasteiger partial charge in [0.25, 0.3) is 0 Å². The van der Waals surface area contributed by atoms with Gasteiger partial charge in [-0.25, -0.2) is 0 Å². The molecule has 2 nitrogen and oxygen atoms in total. The van der Waals surface area contributed by atoms with Gasteiger partial charge < -0.3 is 9.47 Å². The summed E-state index contributed by atoms with van der Waals surface area (Å²) >= 11 is 0. The first-order valence-corrected chi connectivity index (χ1v) is 22.7. The fraction of sp³-hybridized carbons (Fsp3) is 0. The quantitative estimate of drug-likeness (QED) is 0.141. The Bertz CT molecular complexity index is 3620. The second-order valence-corrected chi connectivity index (χ2v) is 17.0. The van der Waals surface area contributed by atoms with Crippen LogP contribution in [0.3, 0.4) is 0 Å². The summed E-state index contributed by atoms with van der Waals surface area (Å²) in [6, 6.07) is 96.9. The number of nitrogens with zero attached hydrogens (tertiary/aromatic N) is 2. The number of rotatable bonds is 9. The molecule has 0 radical (unpaired) electrons. The molecule has 0 saturated heterocycles. The molecule has 0 fully saturated rings. The second-order valence-electron chi connectivity index (χ2n) is 17.0. The molecule has 0 unspecified atom stereocenters. The highest BCUT2D eigenvalue weighted by Crippen LogP contribution is 2.43. The van der Waals surface area contributed by atoms with Crippen LogP contribution in [0, 0.1) is 0 Å². The molecule has 0 amide bonds. The predicted octanol–water partition coefficient (Wildman–Crippen LogP) is 17.7. The minimum Gasteiger partial charge on any atom is -0.310 e. The van der Waals surface area contributed by atoms with E-state index in [-0.39, 0.29) is 0 Å². The van der Waals surface area contributed by atoms with Crippen molar-refractivity contribution in [2.45, 2.75) is 0 Å². The van der Waals surface area contributed by atoms with E-state index in [2.05, 4.69) is 276 Å². The second kappa shape index (κ2) is 16.8. The van der Waals surface area contributed by atoms with Crippen LogP contribution in [0.1, 0.15) is 0 Å². The molecule has 0 saturated carbocycles. The molecule has 0 aliphatic heterocycles. The first-order valence-electron chi connectivity index (χ1n) is 22.7.